The van der Waals surface area contributed by atoms with Crippen LogP contribution >= 0.6 is 15.9 Å². The first-order valence-electron chi connectivity index (χ1n) is 7.43. The number of anilines is 1. The highest BCUT2D eigenvalue weighted by molar-refractivity contribution is 9.10. The lowest BCUT2D eigenvalue weighted by Gasteiger charge is -2.37. The number of methoxy groups -OCH3 is 1. The fourth-order valence-electron chi connectivity index (χ4n) is 2.77. The van der Waals surface area contributed by atoms with Crippen LogP contribution in [0.4, 0.5) is 5.69 Å². The van der Waals surface area contributed by atoms with Crippen LogP contribution in [0.3, 0.4) is 0 Å². The fraction of sp³-hybridized carbons (Fsp3) is 0.733. The minimum Gasteiger partial charge on any atom is -0.519 e. The lowest BCUT2D eigenvalue weighted by molar-refractivity contribution is 0.00189. The first-order chi connectivity index (χ1) is 9.65. The zero-order valence-corrected chi connectivity index (χ0v) is 16.4. The van der Waals surface area contributed by atoms with Gasteiger partial charge in [0.15, 0.2) is 0 Å². The van der Waals surface area contributed by atoms with Crippen molar-refractivity contribution in [1.29, 1.82) is 0 Å². The molecule has 0 spiro atoms. The zero-order chi connectivity index (χ0) is 15.8. The topological polar surface area (TPSA) is 34.8 Å². The molecular weight excluding hydrogens is 350 g/mol. The van der Waals surface area contributed by atoms with E-state index < -0.39 is 8.32 Å². The van der Waals surface area contributed by atoms with E-state index >= 15 is 0 Å². The molecule has 1 aliphatic rings. The summed E-state index contributed by atoms with van der Waals surface area (Å²) >= 11 is 3.65. The maximum absolute atomic E-state index is 5.99. The second kappa shape index (κ2) is 5.97. The van der Waals surface area contributed by atoms with Gasteiger partial charge in [-0.05, 0) is 62.3 Å². The standard InChI is InChI=1S/C15H26BrNO3Si/c1-15(2,18-3)12-8-7-9-17(12)11-10-19-14(13(11)16)20-21(4,5)6/h10,12H,7-9H2,1-6H3/t12-/m0/s1. The highest BCUT2D eigenvalue weighted by atomic mass is 79.9. The third-order valence-electron chi connectivity index (χ3n) is 3.97. The van der Waals surface area contributed by atoms with Crippen molar-refractivity contribution in [1.82, 2.24) is 0 Å². The zero-order valence-electron chi connectivity index (χ0n) is 13.8. The summed E-state index contributed by atoms with van der Waals surface area (Å²) in [6, 6.07) is 0.344. The molecule has 0 aliphatic carbocycles. The Kier molecular flexibility index (Phi) is 4.80. The van der Waals surface area contributed by atoms with E-state index in [-0.39, 0.29) is 5.60 Å². The molecule has 0 saturated carbocycles. The Morgan fingerprint density at radius 3 is 2.62 bits per heavy atom. The number of hydrogen-bond donors (Lipinski definition) is 0. The Morgan fingerprint density at radius 2 is 2.05 bits per heavy atom. The van der Waals surface area contributed by atoms with Crippen molar-refractivity contribution in [3.63, 3.8) is 0 Å². The van der Waals surface area contributed by atoms with Gasteiger partial charge in [-0.25, -0.2) is 0 Å². The van der Waals surface area contributed by atoms with Gasteiger partial charge in [0, 0.05) is 13.7 Å². The summed E-state index contributed by atoms with van der Waals surface area (Å²) in [5.74, 6) is 0.602. The fourth-order valence-corrected chi connectivity index (χ4v) is 4.12. The Balaban J connectivity index is 2.26. The van der Waals surface area contributed by atoms with Crippen molar-refractivity contribution in [2.45, 2.75) is 58.0 Å². The van der Waals surface area contributed by atoms with Gasteiger partial charge < -0.3 is 18.5 Å². The van der Waals surface area contributed by atoms with Crippen LogP contribution in [-0.2, 0) is 4.74 Å². The van der Waals surface area contributed by atoms with Gasteiger partial charge in [0.25, 0.3) is 5.95 Å². The lowest BCUT2D eigenvalue weighted by atomic mass is 9.96. The molecule has 1 aromatic heterocycles. The Labute approximate surface area is 137 Å². The maximum Gasteiger partial charge on any atom is 0.287 e. The number of halogens is 1. The van der Waals surface area contributed by atoms with Gasteiger partial charge in [0.1, 0.15) is 10.7 Å². The molecule has 0 unspecified atom stereocenters. The molecule has 120 valence electrons. The maximum atomic E-state index is 5.99. The summed E-state index contributed by atoms with van der Waals surface area (Å²) in [6.45, 7) is 11.7. The Bertz CT molecular complexity index is 496. The van der Waals surface area contributed by atoms with Gasteiger partial charge in [0.2, 0.25) is 8.32 Å². The molecule has 1 atom stereocenters. The van der Waals surface area contributed by atoms with Gasteiger partial charge in [-0.3, -0.25) is 0 Å². The van der Waals surface area contributed by atoms with Crippen molar-refractivity contribution in [2.24, 2.45) is 0 Å². The summed E-state index contributed by atoms with van der Waals surface area (Å²) in [5, 5.41) is 0. The second-order valence-electron chi connectivity index (χ2n) is 7.10. The molecular formula is C15H26BrNO3Si. The average Bonchev–Trinajstić information content (AvgIpc) is 2.96. The summed E-state index contributed by atoms with van der Waals surface area (Å²) in [7, 11) is 0.0953. The van der Waals surface area contributed by atoms with E-state index in [1.165, 1.54) is 6.42 Å². The van der Waals surface area contributed by atoms with Crippen LogP contribution in [0.15, 0.2) is 15.2 Å². The quantitative estimate of drug-likeness (QED) is 0.701. The molecule has 0 N–H and O–H groups in total. The van der Waals surface area contributed by atoms with Crippen LogP contribution in [0.5, 0.6) is 5.95 Å². The van der Waals surface area contributed by atoms with Crippen LogP contribution in [0.25, 0.3) is 0 Å². The molecule has 2 rings (SSSR count). The number of rotatable bonds is 5. The highest BCUT2D eigenvalue weighted by Crippen LogP contribution is 2.43. The van der Waals surface area contributed by atoms with Gasteiger partial charge in [-0.15, -0.1) is 0 Å². The molecule has 4 nitrogen and oxygen atoms in total. The molecule has 0 radical (unpaired) electrons. The summed E-state index contributed by atoms with van der Waals surface area (Å²) in [5.41, 5.74) is 0.878. The van der Waals surface area contributed by atoms with Crippen LogP contribution in [0.1, 0.15) is 26.7 Å². The van der Waals surface area contributed by atoms with Gasteiger partial charge in [-0.2, -0.15) is 0 Å². The van der Waals surface area contributed by atoms with Gasteiger partial charge in [0.05, 0.1) is 17.3 Å². The first-order valence-corrected chi connectivity index (χ1v) is 11.6. The molecule has 1 fully saturated rings. The molecule has 6 heteroatoms. The van der Waals surface area contributed by atoms with E-state index in [9.17, 15) is 0 Å². The van der Waals surface area contributed by atoms with Crippen molar-refractivity contribution < 1.29 is 13.6 Å². The van der Waals surface area contributed by atoms with Crippen LogP contribution in [0, 0.1) is 0 Å². The third-order valence-corrected chi connectivity index (χ3v) is 5.50. The van der Waals surface area contributed by atoms with E-state index in [1.807, 2.05) is 0 Å². The minimum absolute atomic E-state index is 0.187. The number of ether oxygens (including phenoxy) is 1. The SMILES string of the molecule is COC(C)(C)[C@@H]1CCCN1c1coc(O[Si](C)(C)C)c1Br. The predicted octanol–water partition coefficient (Wildman–Crippen LogP) is 4.65. The van der Waals surface area contributed by atoms with Crippen molar-refractivity contribution >= 4 is 29.9 Å². The number of nitrogens with zero attached hydrogens (tertiary/aromatic N) is 1. The molecule has 1 aliphatic heterocycles. The minimum atomic E-state index is -1.68. The van der Waals surface area contributed by atoms with E-state index in [2.05, 4.69) is 54.3 Å². The molecule has 0 bridgehead atoms. The van der Waals surface area contributed by atoms with E-state index in [0.717, 1.165) is 23.1 Å². The average molecular weight is 376 g/mol. The summed E-state index contributed by atoms with van der Waals surface area (Å²) in [6.07, 6.45) is 4.09. The third kappa shape index (κ3) is 3.66. The highest BCUT2D eigenvalue weighted by Gasteiger charge is 2.39. The number of furan rings is 1. The first kappa shape index (κ1) is 16.9. The summed E-state index contributed by atoms with van der Waals surface area (Å²) < 4.78 is 18.3. The largest absolute Gasteiger partial charge is 0.519 e. The van der Waals surface area contributed by atoms with E-state index in [1.54, 1.807) is 13.4 Å². The molecule has 0 amide bonds. The molecule has 2 heterocycles. The Morgan fingerprint density at radius 1 is 1.38 bits per heavy atom. The smallest absolute Gasteiger partial charge is 0.287 e. The molecule has 1 saturated heterocycles. The molecule has 21 heavy (non-hydrogen) atoms. The van der Waals surface area contributed by atoms with Crippen molar-refractivity contribution in [3.05, 3.63) is 10.7 Å². The summed E-state index contributed by atoms with van der Waals surface area (Å²) in [4.78, 5) is 2.37. The van der Waals surface area contributed by atoms with Gasteiger partial charge in [-0.1, -0.05) is 0 Å². The van der Waals surface area contributed by atoms with Crippen LogP contribution in [-0.4, -0.2) is 33.6 Å². The van der Waals surface area contributed by atoms with Crippen molar-refractivity contribution in [2.75, 3.05) is 18.6 Å². The van der Waals surface area contributed by atoms with Crippen molar-refractivity contribution in [3.8, 4) is 5.95 Å². The molecule has 1 aromatic rings. The molecule has 0 aromatic carbocycles. The monoisotopic (exact) mass is 375 g/mol. The normalized spacial score (nSPS) is 20.1. The van der Waals surface area contributed by atoms with E-state index in [0.29, 0.717) is 12.0 Å². The number of hydrogen-bond acceptors (Lipinski definition) is 4. The van der Waals surface area contributed by atoms with Crippen LogP contribution < -0.4 is 9.33 Å². The lowest BCUT2D eigenvalue weighted by Crippen LogP contribution is -2.47. The second-order valence-corrected chi connectivity index (χ2v) is 12.3. The van der Waals surface area contributed by atoms with E-state index in [4.69, 9.17) is 13.6 Å². The predicted molar refractivity (Wildman–Crippen MR) is 91.8 cm³/mol. The Hall–Kier alpha value is -0.463. The van der Waals surface area contributed by atoms with Gasteiger partial charge >= 0.3 is 0 Å². The van der Waals surface area contributed by atoms with Crippen LogP contribution in [0.2, 0.25) is 19.6 Å².